The van der Waals surface area contributed by atoms with Gasteiger partial charge in [0.2, 0.25) is 0 Å². The minimum atomic E-state index is -3.88. The quantitative estimate of drug-likeness (QED) is 0.437. The molecule has 1 heterocycles. The highest BCUT2D eigenvalue weighted by Gasteiger charge is 2.22. The second-order valence-corrected chi connectivity index (χ2v) is 6.90. The van der Waals surface area contributed by atoms with Crippen LogP contribution < -0.4 is 0 Å². The third-order valence-corrected chi connectivity index (χ3v) is 3.86. The molecule has 0 aliphatic heterocycles. The zero-order chi connectivity index (χ0) is 15.3. The van der Waals surface area contributed by atoms with Crippen LogP contribution in [-0.4, -0.2) is 38.8 Å². The van der Waals surface area contributed by atoms with E-state index in [1.807, 2.05) is 20.8 Å². The summed E-state index contributed by atoms with van der Waals surface area (Å²) < 4.78 is 34.2. The highest BCUT2D eigenvalue weighted by molar-refractivity contribution is 8.13. The van der Waals surface area contributed by atoms with Crippen molar-refractivity contribution in [3.63, 3.8) is 0 Å². The van der Waals surface area contributed by atoms with Crippen LogP contribution >= 0.6 is 10.7 Å². The summed E-state index contributed by atoms with van der Waals surface area (Å²) in [4.78, 5) is 11.8. The first-order chi connectivity index (χ1) is 9.27. The van der Waals surface area contributed by atoms with Crippen molar-refractivity contribution in [3.8, 4) is 0 Å². The first kappa shape index (κ1) is 17.0. The van der Waals surface area contributed by atoms with Crippen LogP contribution in [0.2, 0.25) is 0 Å². The Labute approximate surface area is 123 Å². The van der Waals surface area contributed by atoms with E-state index in [0.29, 0.717) is 13.2 Å². The van der Waals surface area contributed by atoms with Crippen molar-refractivity contribution in [3.05, 3.63) is 18.0 Å². The first-order valence-electron chi connectivity index (χ1n) is 6.18. The van der Waals surface area contributed by atoms with E-state index in [1.165, 1.54) is 16.8 Å². The van der Waals surface area contributed by atoms with E-state index in [-0.39, 0.29) is 23.2 Å². The van der Waals surface area contributed by atoms with Gasteiger partial charge in [-0.25, -0.2) is 13.2 Å². The minimum Gasteiger partial charge on any atom is -0.459 e. The lowest BCUT2D eigenvalue weighted by molar-refractivity contribution is 0.0323. The Kier molecular flexibility index (Phi) is 6.04. The highest BCUT2D eigenvalue weighted by Crippen LogP contribution is 2.22. The molecule has 0 amide bonds. The molecule has 0 atom stereocenters. The number of hydrogen-bond acceptors (Lipinski definition) is 5. The normalized spacial score (nSPS) is 11.8. The van der Waals surface area contributed by atoms with Gasteiger partial charge in [-0.05, 0) is 26.8 Å². The SMILES string of the molecule is CCOCCOC(=O)c1cc(S(=O)(=O)Cl)cn1C(C)C. The molecule has 0 N–H and O–H groups in total. The number of ether oxygens (including phenoxy) is 2. The lowest BCUT2D eigenvalue weighted by Gasteiger charge is -2.12. The number of carbonyl (C=O) groups excluding carboxylic acids is 1. The van der Waals surface area contributed by atoms with Gasteiger partial charge in [-0.15, -0.1) is 0 Å². The lowest BCUT2D eigenvalue weighted by Crippen LogP contribution is -2.15. The molecule has 8 heteroatoms. The molecule has 1 rings (SSSR count). The van der Waals surface area contributed by atoms with Gasteiger partial charge in [-0.1, -0.05) is 0 Å². The molecule has 1 aromatic rings. The summed E-state index contributed by atoms with van der Waals surface area (Å²) in [7, 11) is 1.40. The maximum Gasteiger partial charge on any atom is 0.355 e. The van der Waals surface area contributed by atoms with E-state index in [9.17, 15) is 13.2 Å². The molecule has 6 nitrogen and oxygen atoms in total. The lowest BCUT2D eigenvalue weighted by atomic mass is 10.3. The van der Waals surface area contributed by atoms with Crippen molar-refractivity contribution >= 4 is 25.7 Å². The Bertz CT molecular complexity index is 564. The topological polar surface area (TPSA) is 74.6 Å². The molecule has 0 aromatic carbocycles. The molecule has 0 fully saturated rings. The van der Waals surface area contributed by atoms with Crippen LogP contribution in [-0.2, 0) is 18.5 Å². The standard InChI is InChI=1S/C12H18ClNO5S/c1-4-18-5-6-19-12(15)11-7-10(20(13,16)17)8-14(11)9(2)3/h7-9H,4-6H2,1-3H3. The molecule has 0 spiro atoms. The van der Waals surface area contributed by atoms with Gasteiger partial charge in [0.25, 0.3) is 9.05 Å². The molecular formula is C12H18ClNO5S. The van der Waals surface area contributed by atoms with Crippen LogP contribution in [0.15, 0.2) is 17.2 Å². The predicted molar refractivity (Wildman–Crippen MR) is 74.6 cm³/mol. The zero-order valence-electron chi connectivity index (χ0n) is 11.6. The number of hydrogen-bond donors (Lipinski definition) is 0. The van der Waals surface area contributed by atoms with Crippen LogP contribution in [0.4, 0.5) is 0 Å². The van der Waals surface area contributed by atoms with Gasteiger partial charge in [0.15, 0.2) is 0 Å². The van der Waals surface area contributed by atoms with E-state index in [0.717, 1.165) is 0 Å². The van der Waals surface area contributed by atoms with Gasteiger partial charge in [-0.3, -0.25) is 0 Å². The minimum absolute atomic E-state index is 0.100. The van der Waals surface area contributed by atoms with E-state index < -0.39 is 15.0 Å². The van der Waals surface area contributed by atoms with Crippen LogP contribution in [0.3, 0.4) is 0 Å². The summed E-state index contributed by atoms with van der Waals surface area (Å²) in [5.41, 5.74) is 0.149. The number of nitrogens with zero attached hydrogens (tertiary/aromatic N) is 1. The number of rotatable bonds is 7. The summed E-state index contributed by atoms with van der Waals surface area (Å²) in [5, 5.41) is 0. The molecule has 114 valence electrons. The monoisotopic (exact) mass is 323 g/mol. The highest BCUT2D eigenvalue weighted by atomic mass is 35.7. The maximum absolute atomic E-state index is 11.9. The van der Waals surface area contributed by atoms with Crippen LogP contribution in [0.25, 0.3) is 0 Å². The summed E-state index contributed by atoms with van der Waals surface area (Å²) in [5.74, 6) is -0.607. The Morgan fingerprint density at radius 3 is 2.55 bits per heavy atom. The summed E-state index contributed by atoms with van der Waals surface area (Å²) in [6, 6.07) is 1.11. The van der Waals surface area contributed by atoms with Crippen molar-refractivity contribution in [1.29, 1.82) is 0 Å². The second-order valence-electron chi connectivity index (χ2n) is 4.33. The van der Waals surface area contributed by atoms with E-state index >= 15 is 0 Å². The first-order valence-corrected chi connectivity index (χ1v) is 8.49. The second kappa shape index (κ2) is 7.10. The van der Waals surface area contributed by atoms with Gasteiger partial charge < -0.3 is 14.0 Å². The van der Waals surface area contributed by atoms with E-state index in [2.05, 4.69) is 0 Å². The molecule has 0 aliphatic carbocycles. The van der Waals surface area contributed by atoms with E-state index in [4.69, 9.17) is 20.2 Å². The Balaban J connectivity index is 2.92. The molecular weight excluding hydrogens is 306 g/mol. The molecule has 0 saturated heterocycles. The fourth-order valence-electron chi connectivity index (χ4n) is 1.59. The molecule has 0 aliphatic rings. The average molecular weight is 324 g/mol. The maximum atomic E-state index is 11.9. The van der Waals surface area contributed by atoms with Gasteiger partial charge in [0, 0.05) is 29.5 Å². The summed E-state index contributed by atoms with van der Waals surface area (Å²) in [6.45, 7) is 6.42. The number of carbonyl (C=O) groups is 1. The molecule has 0 bridgehead atoms. The molecule has 0 radical (unpaired) electrons. The van der Waals surface area contributed by atoms with E-state index in [1.54, 1.807) is 0 Å². The molecule has 0 saturated carbocycles. The Morgan fingerprint density at radius 2 is 2.05 bits per heavy atom. The Hall–Kier alpha value is -1.05. The summed E-state index contributed by atoms with van der Waals surface area (Å²) in [6.07, 6.45) is 1.33. The predicted octanol–water partition coefficient (Wildman–Crippen LogP) is 2.19. The van der Waals surface area contributed by atoms with Crippen LogP contribution in [0.5, 0.6) is 0 Å². The van der Waals surface area contributed by atoms with Crippen LogP contribution in [0.1, 0.15) is 37.3 Å². The Morgan fingerprint density at radius 1 is 1.40 bits per heavy atom. The third kappa shape index (κ3) is 4.50. The number of aromatic nitrogens is 1. The number of halogens is 1. The van der Waals surface area contributed by atoms with Crippen molar-refractivity contribution in [2.45, 2.75) is 31.7 Å². The fraction of sp³-hybridized carbons (Fsp3) is 0.583. The van der Waals surface area contributed by atoms with Gasteiger partial charge in [-0.2, -0.15) is 0 Å². The average Bonchev–Trinajstić information content (AvgIpc) is 2.79. The van der Waals surface area contributed by atoms with Crippen molar-refractivity contribution in [2.24, 2.45) is 0 Å². The summed E-state index contributed by atoms with van der Waals surface area (Å²) >= 11 is 0. The zero-order valence-corrected chi connectivity index (χ0v) is 13.2. The molecule has 20 heavy (non-hydrogen) atoms. The van der Waals surface area contributed by atoms with Gasteiger partial charge >= 0.3 is 5.97 Å². The van der Waals surface area contributed by atoms with Crippen molar-refractivity contribution in [2.75, 3.05) is 19.8 Å². The fourth-order valence-corrected chi connectivity index (χ4v) is 2.33. The van der Waals surface area contributed by atoms with Crippen LogP contribution in [0, 0.1) is 0 Å². The van der Waals surface area contributed by atoms with Gasteiger partial charge in [0.1, 0.15) is 17.2 Å². The van der Waals surface area contributed by atoms with Crippen molar-refractivity contribution in [1.82, 2.24) is 4.57 Å². The van der Waals surface area contributed by atoms with Crippen molar-refractivity contribution < 1.29 is 22.7 Å². The third-order valence-electron chi connectivity index (χ3n) is 2.54. The van der Waals surface area contributed by atoms with Gasteiger partial charge in [0.05, 0.1) is 6.61 Å². The molecule has 1 aromatic heterocycles. The largest absolute Gasteiger partial charge is 0.459 e. The number of esters is 1. The molecule has 0 unspecified atom stereocenters. The smallest absolute Gasteiger partial charge is 0.355 e.